The van der Waals surface area contributed by atoms with Gasteiger partial charge in [0.2, 0.25) is 0 Å². The minimum absolute atomic E-state index is 0.988. The summed E-state index contributed by atoms with van der Waals surface area (Å²) in [6.45, 7) is 0.988. The number of hydrogen-bond acceptors (Lipinski definition) is 4. The SMILES string of the molecule is CC(N)(N)S(=O)(=O)O. The van der Waals surface area contributed by atoms with Gasteiger partial charge < -0.3 is 0 Å². The molecule has 0 aliphatic rings. The molecule has 0 amide bonds. The second-order valence-electron chi connectivity index (χ2n) is 1.66. The van der Waals surface area contributed by atoms with Gasteiger partial charge >= 0.3 is 0 Å². The topological polar surface area (TPSA) is 106 Å². The van der Waals surface area contributed by atoms with E-state index in [0.717, 1.165) is 6.92 Å². The Labute approximate surface area is 47.4 Å². The summed E-state index contributed by atoms with van der Waals surface area (Å²) in [5.74, 6) is 0. The Kier molecular flexibility index (Phi) is 1.62. The number of nitrogens with two attached hydrogens (primary N) is 2. The van der Waals surface area contributed by atoms with Gasteiger partial charge in [-0.3, -0.25) is 16.0 Å². The molecule has 0 radical (unpaired) electrons. The van der Waals surface area contributed by atoms with Crippen molar-refractivity contribution in [2.45, 2.75) is 11.9 Å². The predicted octanol–water partition coefficient (Wildman–Crippen LogP) is -1.53. The third kappa shape index (κ3) is 1.74. The zero-order valence-electron chi connectivity index (χ0n) is 4.33. The minimum atomic E-state index is -4.28. The number of rotatable bonds is 1. The number of hydrogen-bond donors (Lipinski definition) is 3. The van der Waals surface area contributed by atoms with Crippen LogP contribution in [0, 0.1) is 0 Å². The average Bonchev–Trinajstić information content (AvgIpc) is 1.25. The molecule has 0 spiro atoms. The maximum Gasteiger partial charge on any atom is 0.297 e. The highest BCUT2D eigenvalue weighted by Gasteiger charge is 2.27. The third-order valence-corrected chi connectivity index (χ3v) is 1.67. The summed E-state index contributed by atoms with van der Waals surface area (Å²) < 4.78 is 28.0. The van der Waals surface area contributed by atoms with E-state index in [9.17, 15) is 8.42 Å². The monoisotopic (exact) mass is 140 g/mol. The first kappa shape index (κ1) is 7.83. The summed E-state index contributed by atoms with van der Waals surface area (Å²) >= 11 is 0. The van der Waals surface area contributed by atoms with E-state index in [-0.39, 0.29) is 0 Å². The Bertz CT molecular complexity index is 164. The van der Waals surface area contributed by atoms with Gasteiger partial charge in [0.05, 0.1) is 0 Å². The summed E-state index contributed by atoms with van der Waals surface area (Å²) in [6.07, 6.45) is 0. The van der Waals surface area contributed by atoms with E-state index < -0.39 is 15.1 Å². The lowest BCUT2D eigenvalue weighted by Gasteiger charge is -2.12. The molecule has 0 saturated carbocycles. The molecule has 0 rings (SSSR count). The molecule has 0 bridgehead atoms. The summed E-state index contributed by atoms with van der Waals surface area (Å²) in [7, 11) is -4.28. The summed E-state index contributed by atoms with van der Waals surface area (Å²) in [4.78, 5) is -2.03. The van der Waals surface area contributed by atoms with E-state index in [4.69, 9.17) is 16.0 Å². The van der Waals surface area contributed by atoms with E-state index in [1.807, 2.05) is 0 Å². The van der Waals surface area contributed by atoms with Crippen molar-refractivity contribution in [2.24, 2.45) is 11.5 Å². The molecule has 0 saturated heterocycles. The molecule has 8 heavy (non-hydrogen) atoms. The van der Waals surface area contributed by atoms with Crippen LogP contribution in [0.25, 0.3) is 0 Å². The highest BCUT2D eigenvalue weighted by molar-refractivity contribution is 7.87. The Morgan fingerprint density at radius 2 is 1.62 bits per heavy atom. The van der Waals surface area contributed by atoms with Gasteiger partial charge in [-0.15, -0.1) is 0 Å². The van der Waals surface area contributed by atoms with Gasteiger partial charge in [0.25, 0.3) is 10.1 Å². The first-order valence-corrected chi connectivity index (χ1v) is 3.24. The van der Waals surface area contributed by atoms with Gasteiger partial charge in [0, 0.05) is 0 Å². The Hall–Kier alpha value is -0.170. The maximum atomic E-state index is 9.96. The minimum Gasteiger partial charge on any atom is -0.299 e. The van der Waals surface area contributed by atoms with Crippen molar-refractivity contribution in [1.82, 2.24) is 0 Å². The zero-order chi connectivity index (χ0) is 7.00. The fourth-order valence-corrected chi connectivity index (χ4v) is 0. The fourth-order valence-electron chi connectivity index (χ4n) is 0. The van der Waals surface area contributed by atoms with E-state index in [0.29, 0.717) is 0 Å². The zero-order valence-corrected chi connectivity index (χ0v) is 5.14. The van der Waals surface area contributed by atoms with Crippen LogP contribution in [-0.2, 0) is 10.1 Å². The Morgan fingerprint density at radius 1 is 1.50 bits per heavy atom. The van der Waals surface area contributed by atoms with Gasteiger partial charge in [-0.05, 0) is 6.92 Å². The Balaban J connectivity index is 4.53. The van der Waals surface area contributed by atoms with Crippen molar-refractivity contribution in [1.29, 1.82) is 0 Å². The molecule has 0 aromatic carbocycles. The molecule has 0 unspecified atom stereocenters. The van der Waals surface area contributed by atoms with Crippen LogP contribution in [0.15, 0.2) is 0 Å². The van der Waals surface area contributed by atoms with Crippen molar-refractivity contribution >= 4 is 10.1 Å². The van der Waals surface area contributed by atoms with E-state index >= 15 is 0 Å². The summed E-state index contributed by atoms with van der Waals surface area (Å²) in [5, 5.41) is 0. The molecule has 0 fully saturated rings. The van der Waals surface area contributed by atoms with Crippen LogP contribution in [0.2, 0.25) is 0 Å². The molecule has 5 nitrogen and oxygen atoms in total. The lowest BCUT2D eigenvalue weighted by atomic mass is 10.6. The first-order chi connectivity index (χ1) is 3.25. The fraction of sp³-hybridized carbons (Fsp3) is 1.00. The van der Waals surface area contributed by atoms with Crippen LogP contribution < -0.4 is 11.5 Å². The summed E-state index contributed by atoms with van der Waals surface area (Å²) in [6, 6.07) is 0. The van der Waals surface area contributed by atoms with E-state index in [1.165, 1.54) is 0 Å². The highest BCUT2D eigenvalue weighted by atomic mass is 32.2. The van der Waals surface area contributed by atoms with Crippen LogP contribution in [0.3, 0.4) is 0 Å². The maximum absolute atomic E-state index is 9.96. The lowest BCUT2D eigenvalue weighted by molar-refractivity contribution is 0.439. The molecule has 0 aromatic rings. The standard InChI is InChI=1S/C2H8N2O3S/c1-2(3,4)8(5,6)7/h3-4H2,1H3,(H,5,6,7). The van der Waals surface area contributed by atoms with Gasteiger partial charge in [-0.25, -0.2) is 0 Å². The van der Waals surface area contributed by atoms with Crippen LogP contribution in [-0.4, -0.2) is 18.0 Å². The van der Waals surface area contributed by atoms with Crippen LogP contribution in [0.1, 0.15) is 6.92 Å². The van der Waals surface area contributed by atoms with Gasteiger partial charge in [-0.2, -0.15) is 8.42 Å². The lowest BCUT2D eigenvalue weighted by Crippen LogP contribution is -2.52. The van der Waals surface area contributed by atoms with Gasteiger partial charge in [0.1, 0.15) is 0 Å². The predicted molar refractivity (Wildman–Crippen MR) is 28.3 cm³/mol. The van der Waals surface area contributed by atoms with Crippen molar-refractivity contribution in [3.05, 3.63) is 0 Å². The van der Waals surface area contributed by atoms with Crippen molar-refractivity contribution in [3.63, 3.8) is 0 Å². The van der Waals surface area contributed by atoms with E-state index in [2.05, 4.69) is 0 Å². The van der Waals surface area contributed by atoms with Crippen molar-refractivity contribution in [2.75, 3.05) is 0 Å². The van der Waals surface area contributed by atoms with Crippen molar-refractivity contribution in [3.8, 4) is 0 Å². The van der Waals surface area contributed by atoms with Crippen LogP contribution in [0.5, 0.6) is 0 Å². The van der Waals surface area contributed by atoms with Gasteiger partial charge in [0.15, 0.2) is 4.99 Å². The largest absolute Gasteiger partial charge is 0.299 e. The highest BCUT2D eigenvalue weighted by Crippen LogP contribution is 1.96. The van der Waals surface area contributed by atoms with Gasteiger partial charge in [-0.1, -0.05) is 0 Å². The molecule has 0 atom stereocenters. The van der Waals surface area contributed by atoms with Crippen LogP contribution >= 0.6 is 0 Å². The molecule has 0 aromatic heterocycles. The molecule has 0 aliphatic heterocycles. The second-order valence-corrected chi connectivity index (χ2v) is 3.49. The Morgan fingerprint density at radius 3 is 1.62 bits per heavy atom. The molecule has 0 heterocycles. The third-order valence-electron chi connectivity index (χ3n) is 0.556. The molecular formula is C2H8N2O3S. The molecule has 6 heteroatoms. The summed E-state index contributed by atoms with van der Waals surface area (Å²) in [5.41, 5.74) is 9.50. The average molecular weight is 140 g/mol. The quantitative estimate of drug-likeness (QED) is 0.302. The molecule has 5 N–H and O–H groups in total. The molecule has 50 valence electrons. The first-order valence-electron chi connectivity index (χ1n) is 1.80. The van der Waals surface area contributed by atoms with Crippen LogP contribution in [0.4, 0.5) is 0 Å². The molecule has 0 aliphatic carbocycles. The van der Waals surface area contributed by atoms with E-state index in [1.54, 1.807) is 0 Å². The second kappa shape index (κ2) is 1.66. The molecular weight excluding hydrogens is 132 g/mol. The smallest absolute Gasteiger partial charge is 0.297 e. The van der Waals surface area contributed by atoms with Crippen molar-refractivity contribution < 1.29 is 13.0 Å². The normalized spacial score (nSPS) is 14.0.